The number of aldehydes is 1. The van der Waals surface area contributed by atoms with Crippen LogP contribution in [-0.4, -0.2) is 22.4 Å². The first-order valence-corrected chi connectivity index (χ1v) is 6.80. The van der Waals surface area contributed by atoms with Crippen molar-refractivity contribution >= 4 is 12.4 Å². The van der Waals surface area contributed by atoms with Crippen molar-refractivity contribution in [1.82, 2.24) is 4.90 Å². The summed E-state index contributed by atoms with van der Waals surface area (Å²) in [5.74, 6) is 0. The van der Waals surface area contributed by atoms with Gasteiger partial charge in [0.05, 0.1) is 12.6 Å². The highest BCUT2D eigenvalue weighted by Crippen LogP contribution is 2.36. The number of amides is 1. The highest BCUT2D eigenvalue weighted by Gasteiger charge is 2.33. The fraction of sp³-hybridized carbons (Fsp3) is 0.176. The Morgan fingerprint density at radius 2 is 2.00 bits per heavy atom. The molecule has 3 rings (SSSR count). The van der Waals surface area contributed by atoms with Crippen LogP contribution in [0.3, 0.4) is 0 Å². The molecule has 1 aliphatic heterocycles. The lowest BCUT2D eigenvalue weighted by Crippen LogP contribution is -2.29. The van der Waals surface area contributed by atoms with Crippen LogP contribution in [0.15, 0.2) is 48.5 Å². The number of nitrogens with zero attached hydrogens (tertiary/aromatic N) is 1. The van der Waals surface area contributed by atoms with Crippen LogP contribution in [0, 0.1) is 0 Å². The van der Waals surface area contributed by atoms with Gasteiger partial charge in [-0.25, -0.2) is 4.79 Å². The molecule has 1 aliphatic rings. The average Bonchev–Trinajstić information content (AvgIpc) is 2.86. The number of fused-ring (bicyclic) bond motifs is 1. The third-order valence-electron chi connectivity index (χ3n) is 3.90. The van der Waals surface area contributed by atoms with Crippen molar-refractivity contribution in [2.24, 2.45) is 0 Å². The van der Waals surface area contributed by atoms with Crippen LogP contribution in [-0.2, 0) is 13.0 Å². The summed E-state index contributed by atoms with van der Waals surface area (Å²) in [6.45, 7) is 0.337. The molecule has 0 saturated heterocycles. The number of carbonyl (C=O) groups is 2. The molecule has 0 fully saturated rings. The van der Waals surface area contributed by atoms with Crippen molar-refractivity contribution < 1.29 is 14.7 Å². The highest BCUT2D eigenvalue weighted by atomic mass is 16.4. The van der Waals surface area contributed by atoms with Gasteiger partial charge >= 0.3 is 6.09 Å². The summed E-state index contributed by atoms with van der Waals surface area (Å²) in [6, 6.07) is 15.0. The van der Waals surface area contributed by atoms with Crippen LogP contribution >= 0.6 is 0 Å². The zero-order valence-electron chi connectivity index (χ0n) is 11.4. The van der Waals surface area contributed by atoms with Gasteiger partial charge in [-0.05, 0) is 29.2 Å². The first kappa shape index (κ1) is 13.4. The molecule has 0 aliphatic carbocycles. The van der Waals surface area contributed by atoms with Crippen molar-refractivity contribution in [2.45, 2.75) is 19.0 Å². The standard InChI is InChI=1S/C17H15NO3/c19-11-13-6-7-15-14(8-13)10-18(17(20)21)16(15)9-12-4-2-1-3-5-12/h1-8,11,16H,9-10H2,(H,20,21). The molecule has 1 N–H and O–H groups in total. The van der Waals surface area contributed by atoms with Gasteiger partial charge in [0.25, 0.3) is 0 Å². The molecular formula is C17H15NO3. The smallest absolute Gasteiger partial charge is 0.408 e. The summed E-state index contributed by atoms with van der Waals surface area (Å²) >= 11 is 0. The lowest BCUT2D eigenvalue weighted by molar-refractivity contribution is 0.112. The number of hydrogen-bond acceptors (Lipinski definition) is 2. The molecule has 1 heterocycles. The van der Waals surface area contributed by atoms with E-state index in [9.17, 15) is 14.7 Å². The molecular weight excluding hydrogens is 266 g/mol. The third-order valence-corrected chi connectivity index (χ3v) is 3.90. The summed E-state index contributed by atoms with van der Waals surface area (Å²) in [4.78, 5) is 23.8. The van der Waals surface area contributed by atoms with E-state index in [0.29, 0.717) is 18.5 Å². The van der Waals surface area contributed by atoms with Crippen molar-refractivity contribution in [1.29, 1.82) is 0 Å². The van der Waals surface area contributed by atoms with Gasteiger partial charge in [0.1, 0.15) is 6.29 Å². The predicted molar refractivity (Wildman–Crippen MR) is 78.3 cm³/mol. The van der Waals surface area contributed by atoms with Crippen LogP contribution in [0.5, 0.6) is 0 Å². The van der Waals surface area contributed by atoms with Gasteiger partial charge in [-0.1, -0.05) is 42.5 Å². The molecule has 0 radical (unpaired) electrons. The molecule has 0 spiro atoms. The fourth-order valence-electron chi connectivity index (χ4n) is 2.88. The van der Waals surface area contributed by atoms with Crippen molar-refractivity contribution in [3.63, 3.8) is 0 Å². The maximum atomic E-state index is 11.5. The summed E-state index contributed by atoms with van der Waals surface area (Å²) in [6.07, 6.45) is 0.496. The van der Waals surface area contributed by atoms with E-state index in [1.807, 2.05) is 36.4 Å². The number of carboxylic acid groups (broad SMARTS) is 1. The van der Waals surface area contributed by atoms with E-state index in [-0.39, 0.29) is 6.04 Å². The Kier molecular flexibility index (Phi) is 3.44. The Bertz CT molecular complexity index is 682. The zero-order valence-corrected chi connectivity index (χ0v) is 11.4. The minimum absolute atomic E-state index is 0.194. The number of benzene rings is 2. The van der Waals surface area contributed by atoms with E-state index in [4.69, 9.17) is 0 Å². The molecule has 4 nitrogen and oxygen atoms in total. The molecule has 1 unspecified atom stereocenters. The molecule has 0 aromatic heterocycles. The maximum absolute atomic E-state index is 11.5. The topological polar surface area (TPSA) is 57.6 Å². The van der Waals surface area contributed by atoms with Gasteiger partial charge in [0.2, 0.25) is 0 Å². The van der Waals surface area contributed by atoms with Crippen LogP contribution in [0.4, 0.5) is 4.79 Å². The van der Waals surface area contributed by atoms with Gasteiger partial charge in [-0.15, -0.1) is 0 Å². The van der Waals surface area contributed by atoms with Gasteiger partial charge in [0, 0.05) is 5.56 Å². The molecule has 0 bridgehead atoms. The van der Waals surface area contributed by atoms with Gasteiger partial charge < -0.3 is 5.11 Å². The van der Waals surface area contributed by atoms with Gasteiger partial charge in [-0.3, -0.25) is 9.69 Å². The second-order valence-electron chi connectivity index (χ2n) is 5.19. The van der Waals surface area contributed by atoms with E-state index in [2.05, 4.69) is 0 Å². The van der Waals surface area contributed by atoms with Crippen LogP contribution in [0.1, 0.15) is 33.1 Å². The number of hydrogen-bond donors (Lipinski definition) is 1. The Morgan fingerprint density at radius 3 is 2.67 bits per heavy atom. The normalized spacial score (nSPS) is 16.6. The van der Waals surface area contributed by atoms with Gasteiger partial charge in [-0.2, -0.15) is 0 Å². The minimum Gasteiger partial charge on any atom is -0.465 e. The second-order valence-corrected chi connectivity index (χ2v) is 5.19. The first-order valence-electron chi connectivity index (χ1n) is 6.80. The number of carbonyl (C=O) groups excluding carboxylic acids is 1. The number of rotatable bonds is 3. The first-order chi connectivity index (χ1) is 10.2. The molecule has 4 heteroatoms. The molecule has 1 atom stereocenters. The molecule has 2 aromatic rings. The van der Waals surface area contributed by atoms with E-state index in [1.54, 1.807) is 12.1 Å². The summed E-state index contributed by atoms with van der Waals surface area (Å²) in [5, 5.41) is 9.42. The third kappa shape index (κ3) is 2.52. The predicted octanol–water partition coefficient (Wildman–Crippen LogP) is 3.28. The largest absolute Gasteiger partial charge is 0.465 e. The lowest BCUT2D eigenvalue weighted by Gasteiger charge is -2.22. The summed E-state index contributed by atoms with van der Waals surface area (Å²) in [5.41, 5.74) is 3.59. The Morgan fingerprint density at radius 1 is 1.24 bits per heavy atom. The van der Waals surface area contributed by atoms with Crippen molar-refractivity contribution in [2.75, 3.05) is 0 Å². The van der Waals surface area contributed by atoms with E-state index in [1.165, 1.54) is 4.90 Å². The summed E-state index contributed by atoms with van der Waals surface area (Å²) < 4.78 is 0. The highest BCUT2D eigenvalue weighted by molar-refractivity contribution is 5.76. The fourth-order valence-corrected chi connectivity index (χ4v) is 2.88. The second kappa shape index (κ2) is 5.40. The molecule has 0 saturated carbocycles. The van der Waals surface area contributed by atoms with E-state index < -0.39 is 6.09 Å². The Hall–Kier alpha value is -2.62. The lowest BCUT2D eigenvalue weighted by atomic mass is 9.97. The van der Waals surface area contributed by atoms with Crippen LogP contribution in [0.25, 0.3) is 0 Å². The molecule has 2 aromatic carbocycles. The van der Waals surface area contributed by atoms with Crippen LogP contribution in [0.2, 0.25) is 0 Å². The Balaban J connectivity index is 1.97. The van der Waals surface area contributed by atoms with Crippen molar-refractivity contribution in [3.8, 4) is 0 Å². The molecule has 21 heavy (non-hydrogen) atoms. The van der Waals surface area contributed by atoms with Crippen molar-refractivity contribution in [3.05, 3.63) is 70.8 Å². The zero-order chi connectivity index (χ0) is 14.8. The maximum Gasteiger partial charge on any atom is 0.408 e. The quantitative estimate of drug-likeness (QED) is 0.878. The SMILES string of the molecule is O=Cc1ccc2c(c1)CN(C(=O)O)C2Cc1ccccc1. The van der Waals surface area contributed by atoms with E-state index in [0.717, 1.165) is 23.0 Å². The Labute approximate surface area is 122 Å². The average molecular weight is 281 g/mol. The van der Waals surface area contributed by atoms with Gasteiger partial charge in [0.15, 0.2) is 0 Å². The van der Waals surface area contributed by atoms with Crippen LogP contribution < -0.4 is 0 Å². The summed E-state index contributed by atoms with van der Waals surface area (Å²) in [7, 11) is 0. The van der Waals surface area contributed by atoms with E-state index >= 15 is 0 Å². The molecule has 1 amide bonds. The minimum atomic E-state index is -0.931. The monoisotopic (exact) mass is 281 g/mol. The molecule has 106 valence electrons.